The molecule has 2 aromatic heterocycles. The van der Waals surface area contributed by atoms with E-state index in [1.807, 2.05) is 6.92 Å². The zero-order chi connectivity index (χ0) is 10.8. The number of nitrogens with zero attached hydrogens (tertiary/aromatic N) is 5. The SMILES string of the molecule is CCn1cc([N+](=O)[O-])c(-n2cccn2)n1. The second kappa shape index (κ2) is 3.52. The summed E-state index contributed by atoms with van der Waals surface area (Å²) in [6.45, 7) is 2.45. The Kier molecular flexibility index (Phi) is 2.20. The van der Waals surface area contributed by atoms with Crippen LogP contribution in [0.4, 0.5) is 5.69 Å². The van der Waals surface area contributed by atoms with Crippen LogP contribution in [0, 0.1) is 10.1 Å². The molecule has 0 aliphatic heterocycles. The number of nitro groups is 1. The lowest BCUT2D eigenvalue weighted by Crippen LogP contribution is -2.00. The van der Waals surface area contributed by atoms with Crippen molar-refractivity contribution in [2.45, 2.75) is 13.5 Å². The van der Waals surface area contributed by atoms with Gasteiger partial charge in [-0.2, -0.15) is 5.10 Å². The van der Waals surface area contributed by atoms with E-state index in [1.54, 1.807) is 18.5 Å². The summed E-state index contributed by atoms with van der Waals surface area (Å²) in [5, 5.41) is 18.7. The van der Waals surface area contributed by atoms with Gasteiger partial charge in [-0.15, -0.1) is 5.10 Å². The third-order valence-corrected chi connectivity index (χ3v) is 1.97. The van der Waals surface area contributed by atoms with Gasteiger partial charge in [0.15, 0.2) is 0 Å². The quantitative estimate of drug-likeness (QED) is 0.555. The molecular formula is C8H9N5O2. The van der Waals surface area contributed by atoms with Crippen LogP contribution >= 0.6 is 0 Å². The molecule has 0 N–H and O–H groups in total. The fraction of sp³-hybridized carbons (Fsp3) is 0.250. The summed E-state index contributed by atoms with van der Waals surface area (Å²) in [5.74, 6) is 0.242. The highest BCUT2D eigenvalue weighted by Gasteiger charge is 2.20. The molecule has 0 aliphatic rings. The predicted octanol–water partition coefficient (Wildman–Crippen LogP) is 0.997. The highest BCUT2D eigenvalue weighted by atomic mass is 16.6. The molecule has 0 saturated carbocycles. The van der Waals surface area contributed by atoms with Crippen molar-refractivity contribution < 1.29 is 4.92 Å². The smallest absolute Gasteiger partial charge is 0.264 e. The molecular weight excluding hydrogens is 198 g/mol. The first-order valence-corrected chi connectivity index (χ1v) is 4.44. The standard InChI is InChI=1S/C8H9N5O2/c1-2-11-6-7(13(14)15)8(10-11)12-5-3-4-9-12/h3-6H,2H2,1H3. The first-order valence-electron chi connectivity index (χ1n) is 4.44. The zero-order valence-corrected chi connectivity index (χ0v) is 8.07. The van der Waals surface area contributed by atoms with Crippen molar-refractivity contribution >= 4 is 5.69 Å². The Morgan fingerprint density at radius 2 is 2.40 bits per heavy atom. The van der Waals surface area contributed by atoms with Crippen LogP contribution in [-0.2, 0) is 6.54 Å². The lowest BCUT2D eigenvalue weighted by molar-refractivity contribution is -0.384. The van der Waals surface area contributed by atoms with Gasteiger partial charge in [0.1, 0.15) is 6.20 Å². The van der Waals surface area contributed by atoms with Crippen molar-refractivity contribution in [1.82, 2.24) is 19.6 Å². The molecule has 15 heavy (non-hydrogen) atoms. The lowest BCUT2D eigenvalue weighted by atomic mass is 10.5. The topological polar surface area (TPSA) is 78.8 Å². The van der Waals surface area contributed by atoms with E-state index in [4.69, 9.17) is 0 Å². The number of hydrogen-bond acceptors (Lipinski definition) is 4. The number of aryl methyl sites for hydroxylation is 1. The Balaban J connectivity index is 2.54. The minimum atomic E-state index is -0.462. The molecule has 2 rings (SSSR count). The molecule has 0 aliphatic carbocycles. The van der Waals surface area contributed by atoms with E-state index < -0.39 is 4.92 Å². The van der Waals surface area contributed by atoms with Gasteiger partial charge in [-0.1, -0.05) is 0 Å². The largest absolute Gasteiger partial charge is 0.333 e. The van der Waals surface area contributed by atoms with Crippen LogP contribution in [0.5, 0.6) is 0 Å². The van der Waals surface area contributed by atoms with Gasteiger partial charge in [0, 0.05) is 18.9 Å². The molecule has 0 aromatic carbocycles. The minimum absolute atomic E-state index is 0.0412. The maximum atomic E-state index is 10.8. The van der Waals surface area contributed by atoms with Crippen molar-refractivity contribution in [2.75, 3.05) is 0 Å². The first-order chi connectivity index (χ1) is 7.22. The van der Waals surface area contributed by atoms with Crippen molar-refractivity contribution in [3.05, 3.63) is 34.8 Å². The normalized spacial score (nSPS) is 10.5. The molecule has 0 bridgehead atoms. The van der Waals surface area contributed by atoms with Crippen LogP contribution < -0.4 is 0 Å². The van der Waals surface area contributed by atoms with Crippen LogP contribution in [0.2, 0.25) is 0 Å². The maximum Gasteiger partial charge on any atom is 0.333 e. The molecule has 78 valence electrons. The van der Waals surface area contributed by atoms with Gasteiger partial charge in [0.2, 0.25) is 0 Å². The molecule has 0 saturated heterocycles. The van der Waals surface area contributed by atoms with Crippen molar-refractivity contribution in [2.24, 2.45) is 0 Å². The van der Waals surface area contributed by atoms with E-state index >= 15 is 0 Å². The van der Waals surface area contributed by atoms with E-state index in [9.17, 15) is 10.1 Å². The van der Waals surface area contributed by atoms with E-state index in [2.05, 4.69) is 10.2 Å². The summed E-state index contributed by atoms with van der Waals surface area (Å²) in [6.07, 6.45) is 4.57. The third kappa shape index (κ3) is 1.58. The Morgan fingerprint density at radius 3 is 2.93 bits per heavy atom. The summed E-state index contributed by atoms with van der Waals surface area (Å²) in [5.41, 5.74) is -0.0412. The monoisotopic (exact) mass is 207 g/mol. The van der Waals surface area contributed by atoms with Crippen LogP contribution in [0.1, 0.15) is 6.92 Å². The fourth-order valence-corrected chi connectivity index (χ4v) is 1.25. The van der Waals surface area contributed by atoms with Crippen LogP contribution in [-0.4, -0.2) is 24.5 Å². The highest BCUT2D eigenvalue weighted by Crippen LogP contribution is 2.19. The van der Waals surface area contributed by atoms with Crippen molar-refractivity contribution in [3.8, 4) is 5.82 Å². The molecule has 0 atom stereocenters. The van der Waals surface area contributed by atoms with Gasteiger partial charge in [-0.05, 0) is 13.0 Å². The summed E-state index contributed by atoms with van der Waals surface area (Å²) >= 11 is 0. The summed E-state index contributed by atoms with van der Waals surface area (Å²) < 4.78 is 2.89. The molecule has 0 radical (unpaired) electrons. The second-order valence-electron chi connectivity index (χ2n) is 2.90. The van der Waals surface area contributed by atoms with Crippen molar-refractivity contribution in [3.63, 3.8) is 0 Å². The zero-order valence-electron chi connectivity index (χ0n) is 8.07. The number of rotatable bonds is 3. The van der Waals surface area contributed by atoms with Crippen LogP contribution in [0.15, 0.2) is 24.7 Å². The van der Waals surface area contributed by atoms with Gasteiger partial charge < -0.3 is 0 Å². The van der Waals surface area contributed by atoms with Gasteiger partial charge in [0.25, 0.3) is 5.82 Å². The minimum Gasteiger partial charge on any atom is -0.264 e. The molecule has 0 spiro atoms. The van der Waals surface area contributed by atoms with Gasteiger partial charge in [-0.3, -0.25) is 14.8 Å². The Bertz CT molecular complexity index is 473. The molecule has 0 amide bonds. The predicted molar refractivity (Wildman–Crippen MR) is 51.7 cm³/mol. The van der Waals surface area contributed by atoms with Crippen LogP contribution in [0.3, 0.4) is 0 Å². The lowest BCUT2D eigenvalue weighted by Gasteiger charge is -1.94. The molecule has 2 heterocycles. The van der Waals surface area contributed by atoms with Crippen molar-refractivity contribution in [1.29, 1.82) is 0 Å². The van der Waals surface area contributed by atoms with E-state index in [0.717, 1.165) is 0 Å². The van der Waals surface area contributed by atoms with Gasteiger partial charge in [-0.25, -0.2) is 4.68 Å². The van der Waals surface area contributed by atoms with E-state index in [0.29, 0.717) is 6.54 Å². The van der Waals surface area contributed by atoms with E-state index in [-0.39, 0.29) is 11.5 Å². The Hall–Kier alpha value is -2.18. The first kappa shape index (κ1) is 9.38. The van der Waals surface area contributed by atoms with Crippen LogP contribution in [0.25, 0.3) is 5.82 Å². The summed E-state index contributed by atoms with van der Waals surface area (Å²) in [4.78, 5) is 10.3. The average Bonchev–Trinajstić information content (AvgIpc) is 2.86. The molecule has 0 unspecified atom stereocenters. The Morgan fingerprint density at radius 1 is 1.60 bits per heavy atom. The second-order valence-corrected chi connectivity index (χ2v) is 2.90. The fourth-order valence-electron chi connectivity index (χ4n) is 1.25. The molecule has 7 heteroatoms. The summed E-state index contributed by atoms with van der Waals surface area (Å²) in [7, 11) is 0. The van der Waals surface area contributed by atoms with Gasteiger partial charge >= 0.3 is 5.69 Å². The number of hydrogen-bond donors (Lipinski definition) is 0. The molecule has 2 aromatic rings. The summed E-state index contributed by atoms with van der Waals surface area (Å²) in [6, 6.07) is 1.69. The highest BCUT2D eigenvalue weighted by molar-refractivity contribution is 5.44. The molecule has 0 fully saturated rings. The third-order valence-electron chi connectivity index (χ3n) is 1.97. The average molecular weight is 207 g/mol. The Labute approximate surface area is 85.1 Å². The van der Waals surface area contributed by atoms with Gasteiger partial charge in [0.05, 0.1) is 4.92 Å². The maximum absolute atomic E-state index is 10.8. The van der Waals surface area contributed by atoms with E-state index in [1.165, 1.54) is 15.6 Å². The molecule has 7 nitrogen and oxygen atoms in total. The number of aromatic nitrogens is 4.